The van der Waals surface area contributed by atoms with Gasteiger partial charge in [-0.25, -0.2) is 13.1 Å². The summed E-state index contributed by atoms with van der Waals surface area (Å²) in [5, 5.41) is 9.23. The summed E-state index contributed by atoms with van der Waals surface area (Å²) in [6, 6.07) is 5.32. The summed E-state index contributed by atoms with van der Waals surface area (Å²) < 4.78 is 63.7. The molecule has 0 fully saturated rings. The van der Waals surface area contributed by atoms with E-state index in [0.29, 0.717) is 12.6 Å². The van der Waals surface area contributed by atoms with Crippen LogP contribution < -0.4 is 4.72 Å². The van der Waals surface area contributed by atoms with Crippen LogP contribution in [0.4, 0.5) is 13.2 Å². The minimum absolute atomic E-state index is 0.104. The van der Waals surface area contributed by atoms with Crippen LogP contribution in [0.25, 0.3) is 0 Å². The first-order valence-corrected chi connectivity index (χ1v) is 8.61. The molecule has 1 aromatic rings. The predicted molar refractivity (Wildman–Crippen MR) is 85.9 cm³/mol. The third-order valence-electron chi connectivity index (χ3n) is 2.90. The summed E-state index contributed by atoms with van der Waals surface area (Å²) in [5.74, 6) is -3.85. The molecule has 1 aromatic carbocycles. The Labute approximate surface area is 143 Å². The van der Waals surface area contributed by atoms with E-state index >= 15 is 0 Å². The molecule has 138 valence electrons. The van der Waals surface area contributed by atoms with Crippen molar-refractivity contribution in [2.45, 2.75) is 31.3 Å². The molecule has 0 aromatic heterocycles. The molecule has 6 nitrogen and oxygen atoms in total. The highest BCUT2D eigenvalue weighted by molar-refractivity contribution is 7.90. The number of hydrogen-bond donors (Lipinski definition) is 2. The molecule has 0 atom stereocenters. The van der Waals surface area contributed by atoms with Crippen LogP contribution in [-0.4, -0.2) is 38.4 Å². The molecule has 2 N–H and O–H groups in total. The molecule has 0 heterocycles. The van der Waals surface area contributed by atoms with E-state index in [-0.39, 0.29) is 11.4 Å². The summed E-state index contributed by atoms with van der Waals surface area (Å²) in [5.41, 5.74) is -0.524. The third kappa shape index (κ3) is 5.89. The number of rotatable bonds is 6. The first-order chi connectivity index (χ1) is 11.5. The van der Waals surface area contributed by atoms with Gasteiger partial charge >= 0.3 is 6.18 Å². The highest BCUT2D eigenvalue weighted by Crippen LogP contribution is 2.25. The van der Waals surface area contributed by atoms with Crippen LogP contribution >= 0.6 is 0 Å². The first-order valence-electron chi connectivity index (χ1n) is 7.13. The number of aliphatic hydroxyl groups excluding tert-OH is 1. The van der Waals surface area contributed by atoms with Crippen molar-refractivity contribution in [3.63, 3.8) is 0 Å². The van der Waals surface area contributed by atoms with Gasteiger partial charge in [0.1, 0.15) is 5.57 Å². The van der Waals surface area contributed by atoms with Crippen molar-refractivity contribution in [1.29, 1.82) is 0 Å². The molecule has 0 aliphatic carbocycles. The maximum Gasteiger partial charge on any atom is 0.449 e. The van der Waals surface area contributed by atoms with Crippen molar-refractivity contribution in [2.75, 3.05) is 6.54 Å². The third-order valence-corrected chi connectivity index (χ3v) is 4.25. The van der Waals surface area contributed by atoms with Crippen molar-refractivity contribution in [2.24, 2.45) is 4.99 Å². The van der Waals surface area contributed by atoms with Crippen molar-refractivity contribution < 1.29 is 31.5 Å². The van der Waals surface area contributed by atoms with E-state index in [9.17, 15) is 31.5 Å². The quantitative estimate of drug-likeness (QED) is 0.452. The second-order valence-electron chi connectivity index (χ2n) is 5.04. The van der Waals surface area contributed by atoms with Crippen LogP contribution in [0.15, 0.2) is 45.5 Å². The van der Waals surface area contributed by atoms with Crippen LogP contribution in [0.2, 0.25) is 0 Å². The van der Waals surface area contributed by atoms with Crippen molar-refractivity contribution in [3.8, 4) is 0 Å². The number of allylic oxidation sites excluding steroid dienone is 1. The van der Waals surface area contributed by atoms with Gasteiger partial charge in [-0.2, -0.15) is 13.2 Å². The Morgan fingerprint density at radius 3 is 2.32 bits per heavy atom. The van der Waals surface area contributed by atoms with Crippen molar-refractivity contribution in [3.05, 3.63) is 41.2 Å². The smallest absolute Gasteiger partial charge is 0.449 e. The number of halogens is 3. The molecule has 0 spiro atoms. The maximum atomic E-state index is 12.7. The van der Waals surface area contributed by atoms with Crippen LogP contribution in [0.3, 0.4) is 0 Å². The molecular weight excluding hydrogens is 361 g/mol. The number of sulfonamides is 1. The number of benzene rings is 1. The van der Waals surface area contributed by atoms with Gasteiger partial charge in [0.2, 0.25) is 5.76 Å². The van der Waals surface area contributed by atoms with Gasteiger partial charge in [-0.15, -0.1) is 0 Å². The molecular formula is C15H17F3N2O4S. The van der Waals surface area contributed by atoms with Crippen molar-refractivity contribution in [1.82, 2.24) is 4.72 Å². The van der Waals surface area contributed by atoms with Gasteiger partial charge in [0.15, 0.2) is 0 Å². The lowest BCUT2D eigenvalue weighted by Gasteiger charge is -2.11. The van der Waals surface area contributed by atoms with Crippen LogP contribution in [-0.2, 0) is 14.8 Å². The molecule has 0 aliphatic rings. The number of nitrogens with one attached hydrogen (secondary N) is 1. The fourth-order valence-corrected chi connectivity index (χ4v) is 2.58. The number of carbonyl (C=O) groups excluding carboxylic acids is 1. The van der Waals surface area contributed by atoms with E-state index in [2.05, 4.69) is 4.99 Å². The Balaban J connectivity index is 3.20. The molecule has 0 saturated heterocycles. The lowest BCUT2D eigenvalue weighted by atomic mass is 10.2. The average Bonchev–Trinajstić information content (AvgIpc) is 2.50. The normalized spacial score (nSPS) is 13.6. The highest BCUT2D eigenvalue weighted by atomic mass is 32.2. The minimum Gasteiger partial charge on any atom is -0.504 e. The summed E-state index contributed by atoms with van der Waals surface area (Å²) in [7, 11) is -4.40. The standard InChI is InChI=1S/C15H17F3N2O4S/c1-3-8-19-9-12(13(21)15(16,17)18)14(22)20-25(23,24)11-6-4-10(2)5-7-11/h4-7,9,21H,3,8H2,1-2H3,(H,20,22)/b13-12-,19-9?. The van der Waals surface area contributed by atoms with Crippen LogP contribution in [0, 0.1) is 6.92 Å². The summed E-state index contributed by atoms with van der Waals surface area (Å²) >= 11 is 0. The predicted octanol–water partition coefficient (Wildman–Crippen LogP) is 2.66. The zero-order valence-electron chi connectivity index (χ0n) is 13.5. The van der Waals surface area contributed by atoms with Crippen molar-refractivity contribution >= 4 is 22.1 Å². The number of nitrogens with zero attached hydrogens (tertiary/aromatic N) is 1. The van der Waals surface area contributed by atoms with Crippen LogP contribution in [0.1, 0.15) is 18.9 Å². The Morgan fingerprint density at radius 1 is 1.28 bits per heavy atom. The molecule has 0 radical (unpaired) electrons. The maximum absolute atomic E-state index is 12.7. The molecule has 0 unspecified atom stereocenters. The average molecular weight is 378 g/mol. The SMILES string of the molecule is CCCN=C/C(C(=O)NS(=O)(=O)c1ccc(C)cc1)=C(/O)C(F)(F)F. The van der Waals surface area contributed by atoms with E-state index in [0.717, 1.165) is 5.56 Å². The molecule has 1 amide bonds. The fraction of sp³-hybridized carbons (Fsp3) is 0.333. The van der Waals surface area contributed by atoms with E-state index in [1.54, 1.807) is 13.8 Å². The topological polar surface area (TPSA) is 95.8 Å². The Hall–Kier alpha value is -2.36. The zero-order chi connectivity index (χ0) is 19.3. The number of aliphatic imine (C=N–C) groups is 1. The number of aryl methyl sites for hydroxylation is 1. The van der Waals surface area contributed by atoms with Gasteiger partial charge in [-0.05, 0) is 25.5 Å². The second-order valence-corrected chi connectivity index (χ2v) is 6.73. The summed E-state index contributed by atoms with van der Waals surface area (Å²) in [4.78, 5) is 15.2. The highest BCUT2D eigenvalue weighted by Gasteiger charge is 2.38. The van der Waals surface area contributed by atoms with E-state index in [4.69, 9.17) is 0 Å². The van der Waals surface area contributed by atoms with E-state index < -0.39 is 33.4 Å². The molecule has 1 rings (SSSR count). The lowest BCUT2D eigenvalue weighted by Crippen LogP contribution is -2.34. The Morgan fingerprint density at radius 2 is 1.84 bits per heavy atom. The number of carbonyl (C=O) groups is 1. The molecule has 25 heavy (non-hydrogen) atoms. The number of alkyl halides is 3. The van der Waals surface area contributed by atoms with Gasteiger partial charge in [-0.1, -0.05) is 24.6 Å². The molecule has 10 heteroatoms. The summed E-state index contributed by atoms with van der Waals surface area (Å²) in [6.07, 6.45) is -4.23. The summed E-state index contributed by atoms with van der Waals surface area (Å²) in [6.45, 7) is 3.51. The zero-order valence-corrected chi connectivity index (χ0v) is 14.3. The Kier molecular flexibility index (Phi) is 6.74. The van der Waals surface area contributed by atoms with Gasteiger partial charge in [0.05, 0.1) is 4.90 Å². The first kappa shape index (κ1) is 20.7. The minimum atomic E-state index is -5.22. The van der Waals surface area contributed by atoms with E-state index in [1.807, 2.05) is 0 Å². The van der Waals surface area contributed by atoms with Crippen LogP contribution in [0.5, 0.6) is 0 Å². The number of aliphatic hydroxyl groups is 1. The second kappa shape index (κ2) is 8.15. The van der Waals surface area contributed by atoms with Gasteiger partial charge in [0, 0.05) is 12.8 Å². The van der Waals surface area contributed by atoms with Gasteiger partial charge in [0.25, 0.3) is 15.9 Å². The monoisotopic (exact) mass is 378 g/mol. The lowest BCUT2D eigenvalue weighted by molar-refractivity contribution is -0.126. The number of amides is 1. The largest absolute Gasteiger partial charge is 0.504 e. The molecule has 0 aliphatic heterocycles. The number of hydrogen-bond acceptors (Lipinski definition) is 5. The molecule has 0 saturated carbocycles. The van der Waals surface area contributed by atoms with Gasteiger partial charge in [-0.3, -0.25) is 9.79 Å². The molecule has 0 bridgehead atoms. The van der Waals surface area contributed by atoms with Gasteiger partial charge < -0.3 is 5.11 Å². The van der Waals surface area contributed by atoms with E-state index in [1.165, 1.54) is 29.0 Å². The fourth-order valence-electron chi connectivity index (χ4n) is 1.62. The Bertz CT molecular complexity index is 782.